The van der Waals surface area contributed by atoms with Crippen LogP contribution in [0, 0.1) is 0 Å². The van der Waals surface area contributed by atoms with Gasteiger partial charge in [-0.15, -0.1) is 0 Å². The van der Waals surface area contributed by atoms with Crippen LogP contribution in [0.4, 0.5) is 4.79 Å². The molecule has 0 saturated carbocycles. The quantitative estimate of drug-likeness (QED) is 0.160. The van der Waals surface area contributed by atoms with Crippen molar-refractivity contribution in [1.82, 2.24) is 25.2 Å². The first-order valence-electron chi connectivity index (χ1n) is 13.3. The van der Waals surface area contributed by atoms with Crippen LogP contribution in [0.1, 0.15) is 16.7 Å². The third kappa shape index (κ3) is 8.39. The third-order valence-corrected chi connectivity index (χ3v) is 6.98. The largest absolute Gasteiger partial charge is 0.448 e. The number of aromatic nitrogens is 1. The van der Waals surface area contributed by atoms with E-state index >= 15 is 0 Å². The molecule has 4 N–H and O–H groups in total. The van der Waals surface area contributed by atoms with Gasteiger partial charge in [-0.05, 0) is 35.3 Å². The van der Waals surface area contributed by atoms with Crippen LogP contribution in [0.3, 0.4) is 0 Å². The van der Waals surface area contributed by atoms with Crippen LogP contribution in [0.5, 0.6) is 0 Å². The molecule has 0 bridgehead atoms. The molecule has 0 spiro atoms. The summed E-state index contributed by atoms with van der Waals surface area (Å²) in [6.45, 7) is 5.79. The lowest BCUT2D eigenvalue weighted by Crippen LogP contribution is -2.49. The predicted octanol–water partition coefficient (Wildman–Crippen LogP) is 2.48. The second-order valence-corrected chi connectivity index (χ2v) is 9.60. The Hall–Kier alpha value is -3.70. The van der Waals surface area contributed by atoms with Crippen LogP contribution in [0.15, 0.2) is 60.8 Å². The van der Waals surface area contributed by atoms with E-state index in [9.17, 15) is 9.59 Å². The Morgan fingerprint density at radius 3 is 2.56 bits per heavy atom. The average molecular weight is 536 g/mol. The van der Waals surface area contributed by atoms with E-state index < -0.39 is 5.91 Å². The number of carbonyl (C=O) groups excluding carboxylic acids is 2. The number of nitrogens with one attached hydrogen (secondary N) is 2. The number of aliphatic hydroxyl groups excluding tert-OH is 1. The van der Waals surface area contributed by atoms with Crippen molar-refractivity contribution in [2.75, 3.05) is 59.0 Å². The number of hydrogen-bond donors (Lipinski definition) is 4. The predicted molar refractivity (Wildman–Crippen MR) is 149 cm³/mol. The first-order valence-corrected chi connectivity index (χ1v) is 13.3. The van der Waals surface area contributed by atoms with Gasteiger partial charge in [-0.25, -0.2) is 10.3 Å². The van der Waals surface area contributed by atoms with Crippen molar-refractivity contribution < 1.29 is 24.6 Å². The van der Waals surface area contributed by atoms with Crippen LogP contribution in [0.2, 0.25) is 0 Å². The maximum absolute atomic E-state index is 12.6. The molecule has 1 aromatic heterocycles. The highest BCUT2D eigenvalue weighted by atomic mass is 16.6. The van der Waals surface area contributed by atoms with Crippen molar-refractivity contribution in [3.63, 3.8) is 0 Å². The Labute approximate surface area is 228 Å². The number of amides is 2. The molecular weight excluding hydrogens is 498 g/mol. The number of carbonyl (C=O) groups is 2. The molecule has 1 saturated heterocycles. The molecule has 2 amide bonds. The highest BCUT2D eigenvalue weighted by molar-refractivity contribution is 5.90. The molecule has 3 aromatic rings. The Balaban J connectivity index is 1.34. The minimum Gasteiger partial charge on any atom is -0.448 e. The molecule has 0 atom stereocenters. The van der Waals surface area contributed by atoms with E-state index in [0.717, 1.165) is 42.7 Å². The number of aliphatic hydroxyl groups is 1. The molecule has 2 heterocycles. The molecule has 0 unspecified atom stereocenters. The molecule has 0 aliphatic carbocycles. The molecule has 39 heavy (non-hydrogen) atoms. The summed E-state index contributed by atoms with van der Waals surface area (Å²) in [4.78, 5) is 33.3. The lowest BCUT2D eigenvalue weighted by molar-refractivity contribution is -0.124. The normalized spacial score (nSPS) is 14.4. The topological polar surface area (TPSA) is 121 Å². The van der Waals surface area contributed by atoms with Crippen molar-refractivity contribution >= 4 is 29.0 Å². The van der Waals surface area contributed by atoms with Gasteiger partial charge in [0.25, 0.3) is 5.91 Å². The maximum Gasteiger partial charge on any atom is 0.409 e. The molecular formula is C29H37N5O5. The van der Waals surface area contributed by atoms with Gasteiger partial charge < -0.3 is 19.7 Å². The number of ether oxygens (including phenoxy) is 1. The van der Waals surface area contributed by atoms with Gasteiger partial charge in [-0.2, -0.15) is 0 Å². The molecule has 0 radical (unpaired) electrons. The molecule has 4 rings (SSSR count). The van der Waals surface area contributed by atoms with Gasteiger partial charge >= 0.3 is 6.09 Å². The molecule has 10 nitrogen and oxygen atoms in total. The first kappa shape index (κ1) is 28.3. The third-order valence-electron chi connectivity index (χ3n) is 6.98. The Kier molecular flexibility index (Phi) is 10.5. The summed E-state index contributed by atoms with van der Waals surface area (Å²) in [5.74, 6) is -0.580. The lowest BCUT2D eigenvalue weighted by Gasteiger charge is -2.33. The summed E-state index contributed by atoms with van der Waals surface area (Å²) in [6.07, 6.45) is 5.51. The number of hydrogen-bond acceptors (Lipinski definition) is 7. The van der Waals surface area contributed by atoms with Crippen molar-refractivity contribution in [2.24, 2.45) is 0 Å². The zero-order valence-corrected chi connectivity index (χ0v) is 22.1. The monoisotopic (exact) mass is 535 g/mol. The Morgan fingerprint density at radius 2 is 1.82 bits per heavy atom. The van der Waals surface area contributed by atoms with Crippen molar-refractivity contribution in [2.45, 2.75) is 13.0 Å². The Morgan fingerprint density at radius 1 is 1.05 bits per heavy atom. The van der Waals surface area contributed by atoms with Crippen molar-refractivity contribution in [1.29, 1.82) is 0 Å². The average Bonchev–Trinajstić information content (AvgIpc) is 3.38. The lowest BCUT2D eigenvalue weighted by atomic mass is 10.1. The number of para-hydroxylation sites is 1. The molecule has 208 valence electrons. The van der Waals surface area contributed by atoms with E-state index in [2.05, 4.69) is 33.1 Å². The van der Waals surface area contributed by atoms with E-state index in [0.29, 0.717) is 39.3 Å². The molecule has 10 heteroatoms. The minimum absolute atomic E-state index is 0.124. The smallest absolute Gasteiger partial charge is 0.409 e. The number of hydroxylamine groups is 1. The zero-order valence-electron chi connectivity index (χ0n) is 22.1. The van der Waals surface area contributed by atoms with E-state index in [1.807, 2.05) is 36.4 Å². The van der Waals surface area contributed by atoms with Crippen LogP contribution in [-0.2, 0) is 22.5 Å². The van der Waals surface area contributed by atoms with Gasteiger partial charge in [-0.1, -0.05) is 42.5 Å². The van der Waals surface area contributed by atoms with Crippen molar-refractivity contribution in [3.8, 4) is 0 Å². The first-order chi connectivity index (χ1) is 19.1. The number of nitrogens with zero attached hydrogens (tertiary/aromatic N) is 3. The summed E-state index contributed by atoms with van der Waals surface area (Å²) in [5.41, 5.74) is 5.89. The van der Waals surface area contributed by atoms with Gasteiger partial charge in [0.15, 0.2) is 0 Å². The fraction of sp³-hybridized carbons (Fsp3) is 0.379. The van der Waals surface area contributed by atoms with Crippen molar-refractivity contribution in [3.05, 3.63) is 77.5 Å². The highest BCUT2D eigenvalue weighted by Gasteiger charge is 2.22. The molecule has 2 aromatic carbocycles. The number of β-amino-alcohol motifs (C(OH)–C–C–N with tert-alkyl or cyclic N) is 1. The zero-order chi connectivity index (χ0) is 27.5. The number of aromatic amines is 1. The summed E-state index contributed by atoms with van der Waals surface area (Å²) in [7, 11) is 0. The second-order valence-electron chi connectivity index (χ2n) is 9.60. The van der Waals surface area contributed by atoms with Gasteiger partial charge in [-0.3, -0.25) is 19.8 Å². The summed E-state index contributed by atoms with van der Waals surface area (Å²) >= 11 is 0. The number of fused-ring (bicyclic) bond motifs is 1. The number of piperazine rings is 1. The molecule has 1 fully saturated rings. The highest BCUT2D eigenvalue weighted by Crippen LogP contribution is 2.19. The van der Waals surface area contributed by atoms with Gasteiger partial charge in [0, 0.05) is 75.5 Å². The summed E-state index contributed by atoms with van der Waals surface area (Å²) < 4.78 is 5.64. The molecule has 1 aliphatic heterocycles. The minimum atomic E-state index is -0.580. The van der Waals surface area contributed by atoms with Gasteiger partial charge in [0.2, 0.25) is 0 Å². The van der Waals surface area contributed by atoms with Crippen LogP contribution in [-0.4, -0.2) is 101 Å². The number of H-pyrrole nitrogens is 1. The van der Waals surface area contributed by atoms with E-state index in [1.165, 1.54) is 17.0 Å². The summed E-state index contributed by atoms with van der Waals surface area (Å²) in [5, 5.41) is 19.0. The SMILES string of the molecule is O=C(/C=C/c1ccc(CN(CCOC(=O)N2CCN(CCO)CC2)CCc2c[nH]c3ccccc23)cc1)NO. The van der Waals surface area contributed by atoms with Crippen LogP contribution >= 0.6 is 0 Å². The number of benzene rings is 2. The standard InChI is InChI=1S/C29H37N5O5/c35-19-17-32-13-15-34(16-14-32)29(37)39-20-18-33(12-11-25-21-30-27-4-2-1-3-26(25)27)22-24-7-5-23(6-8-24)9-10-28(36)31-38/h1-10,21,30,35,38H,11-20,22H2,(H,31,36)/b10-9+. The fourth-order valence-corrected chi connectivity index (χ4v) is 4.74. The fourth-order valence-electron chi connectivity index (χ4n) is 4.74. The summed E-state index contributed by atoms with van der Waals surface area (Å²) in [6, 6.07) is 16.1. The van der Waals surface area contributed by atoms with E-state index in [-0.39, 0.29) is 12.7 Å². The maximum atomic E-state index is 12.6. The van der Waals surface area contributed by atoms with Crippen LogP contribution < -0.4 is 5.48 Å². The number of rotatable bonds is 12. The second kappa shape index (κ2) is 14.5. The van der Waals surface area contributed by atoms with Gasteiger partial charge in [0.05, 0.1) is 6.61 Å². The Bertz CT molecular complexity index is 1230. The molecule has 1 aliphatic rings. The van der Waals surface area contributed by atoms with Crippen LogP contribution in [0.25, 0.3) is 17.0 Å². The van der Waals surface area contributed by atoms with E-state index in [4.69, 9.17) is 15.1 Å². The van der Waals surface area contributed by atoms with Gasteiger partial charge in [0.1, 0.15) is 6.61 Å². The van der Waals surface area contributed by atoms with E-state index in [1.54, 1.807) is 16.5 Å².